The van der Waals surface area contributed by atoms with Crippen molar-refractivity contribution in [2.45, 2.75) is 24.9 Å². The van der Waals surface area contributed by atoms with E-state index in [0.29, 0.717) is 50.0 Å². The molecule has 0 atom stereocenters. The highest BCUT2D eigenvalue weighted by Crippen LogP contribution is 2.46. The molecule has 5 rings (SSSR count). The van der Waals surface area contributed by atoms with E-state index in [0.717, 1.165) is 25.0 Å². The van der Waals surface area contributed by atoms with Gasteiger partial charge in [-0.1, -0.05) is 12.1 Å². The van der Waals surface area contributed by atoms with Crippen LogP contribution in [0.15, 0.2) is 36.4 Å². The minimum Gasteiger partial charge on any atom is -0.496 e. The van der Waals surface area contributed by atoms with E-state index in [4.69, 9.17) is 18.9 Å². The molecule has 0 bridgehead atoms. The van der Waals surface area contributed by atoms with Crippen molar-refractivity contribution < 1.29 is 23.7 Å². The van der Waals surface area contributed by atoms with Gasteiger partial charge < -0.3 is 23.8 Å². The Morgan fingerprint density at radius 3 is 2.62 bits per heavy atom. The van der Waals surface area contributed by atoms with E-state index < -0.39 is 0 Å². The summed E-state index contributed by atoms with van der Waals surface area (Å²) in [5, 5.41) is 0. The lowest BCUT2D eigenvalue weighted by atomic mass is 9.78. The van der Waals surface area contributed by atoms with E-state index >= 15 is 0 Å². The molecule has 3 aliphatic heterocycles. The molecule has 2 aromatic rings. The summed E-state index contributed by atoms with van der Waals surface area (Å²) in [5.41, 5.74) is 2.72. The van der Waals surface area contributed by atoms with Crippen LogP contribution in [0.3, 0.4) is 0 Å². The maximum absolute atomic E-state index is 13.1. The molecule has 0 unspecified atom stereocenters. The van der Waals surface area contributed by atoms with E-state index in [1.54, 1.807) is 13.2 Å². The zero-order valence-electron chi connectivity index (χ0n) is 16.6. The fraction of sp³-hybridized carbons (Fsp3) is 0.435. The van der Waals surface area contributed by atoms with Gasteiger partial charge in [-0.25, -0.2) is 0 Å². The number of fused-ring (bicyclic) bond motifs is 3. The van der Waals surface area contributed by atoms with Gasteiger partial charge in [-0.05, 0) is 49.1 Å². The highest BCUT2D eigenvalue weighted by atomic mass is 16.6. The molecule has 6 nitrogen and oxygen atoms in total. The number of ether oxygens (including phenoxy) is 4. The van der Waals surface area contributed by atoms with Crippen molar-refractivity contribution in [1.29, 1.82) is 0 Å². The lowest BCUT2D eigenvalue weighted by molar-refractivity contribution is -0.0946. The molecular formula is C23H25NO5. The van der Waals surface area contributed by atoms with E-state index in [2.05, 4.69) is 6.07 Å². The number of carbonyl (C=O) groups is 1. The van der Waals surface area contributed by atoms with Gasteiger partial charge in [-0.15, -0.1) is 0 Å². The van der Waals surface area contributed by atoms with E-state index in [1.807, 2.05) is 29.2 Å². The molecule has 0 saturated carbocycles. The SMILES string of the molecule is COc1cccc2c1C1(CCN(C(=O)c3ccc4c(c3)OCCO4)CC1)OCC2. The van der Waals surface area contributed by atoms with Crippen LogP contribution in [0, 0.1) is 0 Å². The third-order valence-electron chi connectivity index (χ3n) is 6.19. The Bertz CT molecular complexity index is 919. The molecule has 1 fully saturated rings. The number of piperidine rings is 1. The van der Waals surface area contributed by atoms with Gasteiger partial charge in [0.25, 0.3) is 5.91 Å². The smallest absolute Gasteiger partial charge is 0.253 e. The summed E-state index contributed by atoms with van der Waals surface area (Å²) < 4.78 is 23.2. The van der Waals surface area contributed by atoms with Crippen molar-refractivity contribution in [2.75, 3.05) is 40.0 Å². The van der Waals surface area contributed by atoms with Gasteiger partial charge in [0, 0.05) is 24.2 Å². The van der Waals surface area contributed by atoms with Gasteiger partial charge in [0.05, 0.1) is 13.7 Å². The van der Waals surface area contributed by atoms with Gasteiger partial charge in [0.1, 0.15) is 24.6 Å². The molecule has 1 saturated heterocycles. The van der Waals surface area contributed by atoms with Crippen molar-refractivity contribution in [3.63, 3.8) is 0 Å². The van der Waals surface area contributed by atoms with Crippen molar-refractivity contribution in [3.05, 3.63) is 53.1 Å². The molecule has 3 heterocycles. The zero-order valence-corrected chi connectivity index (χ0v) is 16.6. The first-order valence-electron chi connectivity index (χ1n) is 10.2. The molecule has 0 radical (unpaired) electrons. The standard InChI is InChI=1S/C23H25NO5/c1-26-19-4-2-3-16-7-12-29-23(21(16)19)8-10-24(11-9-23)22(25)17-5-6-18-20(15-17)28-14-13-27-18/h2-6,15H,7-14H2,1H3. The topological polar surface area (TPSA) is 57.2 Å². The zero-order chi connectivity index (χ0) is 19.8. The molecule has 0 aliphatic carbocycles. The van der Waals surface area contributed by atoms with Crippen LogP contribution in [0.2, 0.25) is 0 Å². The van der Waals surface area contributed by atoms with Crippen LogP contribution in [0.1, 0.15) is 34.3 Å². The number of likely N-dealkylation sites (tertiary alicyclic amines) is 1. The summed E-state index contributed by atoms with van der Waals surface area (Å²) in [6.45, 7) is 3.04. The first-order valence-corrected chi connectivity index (χ1v) is 10.2. The van der Waals surface area contributed by atoms with Gasteiger partial charge in [0.15, 0.2) is 11.5 Å². The first kappa shape index (κ1) is 18.3. The number of rotatable bonds is 2. The minimum absolute atomic E-state index is 0.0212. The fourth-order valence-electron chi connectivity index (χ4n) is 4.72. The molecule has 152 valence electrons. The second-order valence-electron chi connectivity index (χ2n) is 7.74. The van der Waals surface area contributed by atoms with E-state index in [9.17, 15) is 4.79 Å². The minimum atomic E-state index is -0.371. The van der Waals surface area contributed by atoms with Crippen molar-refractivity contribution >= 4 is 5.91 Å². The third-order valence-corrected chi connectivity index (χ3v) is 6.19. The van der Waals surface area contributed by atoms with Gasteiger partial charge in [-0.3, -0.25) is 4.79 Å². The predicted octanol–water partition coefficient (Wildman–Crippen LogP) is 3.17. The van der Waals surface area contributed by atoms with Crippen molar-refractivity contribution in [3.8, 4) is 17.2 Å². The molecule has 0 aromatic heterocycles. The number of amides is 1. The number of hydrogen-bond acceptors (Lipinski definition) is 5. The molecule has 2 aromatic carbocycles. The van der Waals surface area contributed by atoms with Crippen LogP contribution in [0.25, 0.3) is 0 Å². The Labute approximate surface area is 170 Å². The van der Waals surface area contributed by atoms with E-state index in [-0.39, 0.29) is 11.5 Å². The third kappa shape index (κ3) is 3.12. The quantitative estimate of drug-likeness (QED) is 0.782. The van der Waals surface area contributed by atoms with Crippen LogP contribution < -0.4 is 14.2 Å². The normalized spacial score (nSPS) is 19.6. The fourth-order valence-corrected chi connectivity index (χ4v) is 4.72. The predicted molar refractivity (Wildman–Crippen MR) is 107 cm³/mol. The number of carbonyl (C=O) groups excluding carboxylic acids is 1. The molecule has 6 heteroatoms. The Kier molecular flexibility index (Phi) is 4.59. The molecular weight excluding hydrogens is 370 g/mol. The molecule has 1 spiro atoms. The van der Waals surface area contributed by atoms with Crippen LogP contribution in [-0.2, 0) is 16.8 Å². The van der Waals surface area contributed by atoms with Crippen LogP contribution in [-0.4, -0.2) is 50.8 Å². The first-order chi connectivity index (χ1) is 14.2. The highest BCUT2D eigenvalue weighted by Gasteiger charge is 2.43. The molecule has 0 N–H and O–H groups in total. The Hall–Kier alpha value is -2.73. The number of methoxy groups -OCH3 is 1. The molecule has 29 heavy (non-hydrogen) atoms. The summed E-state index contributed by atoms with van der Waals surface area (Å²) in [5.74, 6) is 2.25. The largest absolute Gasteiger partial charge is 0.496 e. The number of benzene rings is 2. The van der Waals surface area contributed by atoms with Gasteiger partial charge >= 0.3 is 0 Å². The summed E-state index contributed by atoms with van der Waals surface area (Å²) in [7, 11) is 1.71. The second-order valence-corrected chi connectivity index (χ2v) is 7.74. The second kappa shape index (κ2) is 7.26. The number of hydrogen-bond donors (Lipinski definition) is 0. The lowest BCUT2D eigenvalue weighted by Crippen LogP contribution is -2.48. The van der Waals surface area contributed by atoms with Crippen LogP contribution in [0.4, 0.5) is 0 Å². The van der Waals surface area contributed by atoms with E-state index in [1.165, 1.54) is 11.1 Å². The maximum Gasteiger partial charge on any atom is 0.253 e. The van der Waals surface area contributed by atoms with Crippen LogP contribution in [0.5, 0.6) is 17.2 Å². The highest BCUT2D eigenvalue weighted by molar-refractivity contribution is 5.95. The summed E-state index contributed by atoms with van der Waals surface area (Å²) in [4.78, 5) is 15.0. The average Bonchev–Trinajstić information content (AvgIpc) is 2.78. The summed E-state index contributed by atoms with van der Waals surface area (Å²) in [6.07, 6.45) is 2.42. The average molecular weight is 395 g/mol. The molecule has 3 aliphatic rings. The molecule has 1 amide bonds. The van der Waals surface area contributed by atoms with Crippen LogP contribution >= 0.6 is 0 Å². The monoisotopic (exact) mass is 395 g/mol. The van der Waals surface area contributed by atoms with Gasteiger partial charge in [0.2, 0.25) is 0 Å². The maximum atomic E-state index is 13.1. The van der Waals surface area contributed by atoms with Gasteiger partial charge in [-0.2, -0.15) is 0 Å². The Morgan fingerprint density at radius 2 is 1.83 bits per heavy atom. The Balaban J connectivity index is 1.36. The van der Waals surface area contributed by atoms with Crippen molar-refractivity contribution in [2.24, 2.45) is 0 Å². The van der Waals surface area contributed by atoms with Crippen molar-refractivity contribution in [1.82, 2.24) is 4.90 Å². The number of nitrogens with zero attached hydrogens (tertiary/aromatic N) is 1. The summed E-state index contributed by atoms with van der Waals surface area (Å²) in [6, 6.07) is 11.6. The summed E-state index contributed by atoms with van der Waals surface area (Å²) >= 11 is 0. The lowest BCUT2D eigenvalue weighted by Gasteiger charge is -2.45. The Morgan fingerprint density at radius 1 is 1.03 bits per heavy atom.